The Balaban J connectivity index is 2.90. The maximum atomic E-state index is 11.9. The maximum Gasteiger partial charge on any atom is 0.242 e. The molecule has 0 saturated carbocycles. The molecule has 0 aliphatic carbocycles. The Hall–Kier alpha value is -0.820. The Morgan fingerprint density at radius 3 is 2.71 bits per heavy atom. The van der Waals surface area contributed by atoms with E-state index in [0.717, 1.165) is 0 Å². The van der Waals surface area contributed by atoms with Gasteiger partial charge in [0.25, 0.3) is 0 Å². The Labute approximate surface area is 106 Å². The Bertz CT molecular complexity index is 490. The molecule has 0 saturated heterocycles. The summed E-state index contributed by atoms with van der Waals surface area (Å²) in [6.45, 7) is 1.80. The third-order valence-electron chi connectivity index (χ3n) is 2.19. The first-order valence-electron chi connectivity index (χ1n) is 5.02. The second kappa shape index (κ2) is 5.68. The molecule has 1 unspecified atom stereocenters. The second-order valence-electron chi connectivity index (χ2n) is 3.82. The first kappa shape index (κ1) is 14.2. The summed E-state index contributed by atoms with van der Waals surface area (Å²) in [4.78, 5) is -0.00737. The number of rotatable bonds is 5. The molecule has 0 bridgehead atoms. The quantitative estimate of drug-likeness (QED) is 0.696. The van der Waals surface area contributed by atoms with Crippen molar-refractivity contribution in [2.45, 2.75) is 11.8 Å². The van der Waals surface area contributed by atoms with E-state index in [0.29, 0.717) is 5.02 Å². The van der Waals surface area contributed by atoms with Gasteiger partial charge in [0.15, 0.2) is 0 Å². The molecule has 5 nitrogen and oxygen atoms in total. The lowest BCUT2D eigenvalue weighted by atomic mass is 10.2. The van der Waals surface area contributed by atoms with Crippen LogP contribution in [0.1, 0.15) is 6.92 Å². The molecule has 0 spiro atoms. The molecule has 7 heteroatoms. The number of nitrogens with two attached hydrogens (primary N) is 1. The van der Waals surface area contributed by atoms with E-state index >= 15 is 0 Å². The van der Waals surface area contributed by atoms with Gasteiger partial charge in [0, 0.05) is 18.2 Å². The molecule has 0 amide bonds. The molecule has 0 radical (unpaired) electrons. The monoisotopic (exact) mass is 278 g/mol. The minimum Gasteiger partial charge on any atom is -0.398 e. The van der Waals surface area contributed by atoms with Gasteiger partial charge in [0.05, 0.1) is 5.69 Å². The Morgan fingerprint density at radius 1 is 1.53 bits per heavy atom. The molecule has 96 valence electrons. The number of aliphatic hydroxyl groups excluding tert-OH is 1. The van der Waals surface area contributed by atoms with Gasteiger partial charge in [-0.25, -0.2) is 13.1 Å². The lowest BCUT2D eigenvalue weighted by molar-refractivity contribution is 0.238. The fourth-order valence-electron chi connectivity index (χ4n) is 1.16. The van der Waals surface area contributed by atoms with Gasteiger partial charge in [-0.2, -0.15) is 0 Å². The van der Waals surface area contributed by atoms with Gasteiger partial charge in [0.2, 0.25) is 10.0 Å². The number of nitrogens with one attached hydrogen (secondary N) is 1. The van der Waals surface area contributed by atoms with Crippen LogP contribution in [0.3, 0.4) is 0 Å². The van der Waals surface area contributed by atoms with Crippen molar-refractivity contribution in [3.63, 3.8) is 0 Å². The number of aliphatic hydroxyl groups is 1. The van der Waals surface area contributed by atoms with Gasteiger partial charge in [-0.15, -0.1) is 0 Å². The zero-order valence-corrected chi connectivity index (χ0v) is 10.9. The number of benzene rings is 1. The van der Waals surface area contributed by atoms with Crippen molar-refractivity contribution in [1.82, 2.24) is 4.72 Å². The minimum atomic E-state index is -3.66. The molecule has 1 aromatic carbocycles. The molecule has 0 fully saturated rings. The third-order valence-corrected chi connectivity index (χ3v) is 3.93. The maximum absolute atomic E-state index is 11.9. The normalized spacial score (nSPS) is 13.6. The topological polar surface area (TPSA) is 92.4 Å². The predicted molar refractivity (Wildman–Crippen MR) is 67.3 cm³/mol. The Kier molecular flexibility index (Phi) is 4.76. The first-order chi connectivity index (χ1) is 7.86. The summed E-state index contributed by atoms with van der Waals surface area (Å²) in [6, 6.07) is 4.19. The standard InChI is InChI=1S/C10H15ClN2O3S/c1-7(6-14)5-13-17(15,16)10-3-2-8(11)4-9(10)12/h2-4,7,13-14H,5-6,12H2,1H3. The van der Waals surface area contributed by atoms with Crippen LogP contribution in [0.25, 0.3) is 0 Å². The van der Waals surface area contributed by atoms with E-state index in [1.165, 1.54) is 18.2 Å². The highest BCUT2D eigenvalue weighted by molar-refractivity contribution is 7.89. The van der Waals surface area contributed by atoms with Crippen molar-refractivity contribution in [2.75, 3.05) is 18.9 Å². The smallest absolute Gasteiger partial charge is 0.242 e. The molecule has 0 heterocycles. The van der Waals surface area contributed by atoms with E-state index < -0.39 is 10.0 Å². The SMILES string of the molecule is CC(CO)CNS(=O)(=O)c1ccc(Cl)cc1N. The number of halogens is 1. The molecule has 0 aromatic heterocycles. The van der Waals surface area contributed by atoms with Crippen molar-refractivity contribution in [3.8, 4) is 0 Å². The van der Waals surface area contributed by atoms with E-state index in [4.69, 9.17) is 22.4 Å². The van der Waals surface area contributed by atoms with E-state index in [2.05, 4.69) is 4.72 Å². The summed E-state index contributed by atoms with van der Waals surface area (Å²) in [7, 11) is -3.66. The van der Waals surface area contributed by atoms with Crippen LogP contribution in [0.15, 0.2) is 23.1 Å². The van der Waals surface area contributed by atoms with Crippen LogP contribution in [0.4, 0.5) is 5.69 Å². The summed E-state index contributed by atoms with van der Waals surface area (Å²) in [5, 5.41) is 9.20. The van der Waals surface area contributed by atoms with Crippen LogP contribution in [0, 0.1) is 5.92 Å². The van der Waals surface area contributed by atoms with Crippen molar-refractivity contribution >= 4 is 27.3 Å². The fourth-order valence-corrected chi connectivity index (χ4v) is 2.61. The van der Waals surface area contributed by atoms with Crippen molar-refractivity contribution in [2.24, 2.45) is 5.92 Å². The summed E-state index contributed by atoms with van der Waals surface area (Å²) in [5.41, 5.74) is 5.69. The van der Waals surface area contributed by atoms with E-state index in [9.17, 15) is 8.42 Å². The molecular formula is C10H15ClN2O3S. The van der Waals surface area contributed by atoms with Crippen LogP contribution in [-0.2, 0) is 10.0 Å². The predicted octanol–water partition coefficient (Wildman–Crippen LogP) is 0.829. The number of anilines is 1. The van der Waals surface area contributed by atoms with Crippen molar-refractivity contribution in [1.29, 1.82) is 0 Å². The van der Waals surface area contributed by atoms with E-state index in [1.54, 1.807) is 6.92 Å². The minimum absolute atomic E-state index is 0.00737. The van der Waals surface area contributed by atoms with Crippen molar-refractivity contribution in [3.05, 3.63) is 23.2 Å². The molecule has 17 heavy (non-hydrogen) atoms. The molecule has 0 aliphatic heterocycles. The fraction of sp³-hybridized carbons (Fsp3) is 0.400. The number of hydrogen-bond donors (Lipinski definition) is 3. The summed E-state index contributed by atoms with van der Waals surface area (Å²) in [6.07, 6.45) is 0. The van der Waals surface area contributed by atoms with Crippen molar-refractivity contribution < 1.29 is 13.5 Å². The highest BCUT2D eigenvalue weighted by atomic mass is 35.5. The lowest BCUT2D eigenvalue weighted by Gasteiger charge is -2.12. The molecule has 0 aliphatic rings. The average Bonchev–Trinajstić information content (AvgIpc) is 2.25. The highest BCUT2D eigenvalue weighted by Gasteiger charge is 2.18. The molecule has 1 atom stereocenters. The number of nitrogen functional groups attached to an aromatic ring is 1. The van der Waals surface area contributed by atoms with Crippen LogP contribution in [-0.4, -0.2) is 26.7 Å². The van der Waals surface area contributed by atoms with Gasteiger partial charge in [-0.1, -0.05) is 18.5 Å². The van der Waals surface area contributed by atoms with Gasteiger partial charge >= 0.3 is 0 Å². The Morgan fingerprint density at radius 2 is 2.18 bits per heavy atom. The summed E-state index contributed by atoms with van der Waals surface area (Å²) >= 11 is 5.69. The summed E-state index contributed by atoms with van der Waals surface area (Å²) < 4.78 is 26.1. The number of sulfonamides is 1. The van der Waals surface area contributed by atoms with Gasteiger partial charge in [-0.3, -0.25) is 0 Å². The van der Waals surface area contributed by atoms with Crippen LogP contribution >= 0.6 is 11.6 Å². The molecule has 1 rings (SSSR count). The zero-order chi connectivity index (χ0) is 13.1. The highest BCUT2D eigenvalue weighted by Crippen LogP contribution is 2.22. The van der Waals surface area contributed by atoms with E-state index in [-0.39, 0.29) is 29.7 Å². The average molecular weight is 279 g/mol. The van der Waals surface area contributed by atoms with Crippen LogP contribution in [0.2, 0.25) is 5.02 Å². The van der Waals surface area contributed by atoms with E-state index in [1.807, 2.05) is 0 Å². The third kappa shape index (κ3) is 3.85. The van der Waals surface area contributed by atoms with Gasteiger partial charge in [-0.05, 0) is 24.1 Å². The summed E-state index contributed by atoms with van der Waals surface area (Å²) in [5.74, 6) is -0.154. The number of hydrogen-bond acceptors (Lipinski definition) is 4. The largest absolute Gasteiger partial charge is 0.398 e. The zero-order valence-electron chi connectivity index (χ0n) is 9.35. The van der Waals surface area contributed by atoms with Gasteiger partial charge in [0.1, 0.15) is 4.90 Å². The molecule has 1 aromatic rings. The second-order valence-corrected chi connectivity index (χ2v) is 5.99. The molecule has 4 N–H and O–H groups in total. The lowest BCUT2D eigenvalue weighted by Crippen LogP contribution is -2.30. The molecular weight excluding hydrogens is 264 g/mol. The van der Waals surface area contributed by atoms with Crippen LogP contribution < -0.4 is 10.5 Å². The first-order valence-corrected chi connectivity index (χ1v) is 6.88. The van der Waals surface area contributed by atoms with Crippen LogP contribution in [0.5, 0.6) is 0 Å². The van der Waals surface area contributed by atoms with Gasteiger partial charge < -0.3 is 10.8 Å².